The van der Waals surface area contributed by atoms with Gasteiger partial charge in [0.05, 0.1) is 23.4 Å². The summed E-state index contributed by atoms with van der Waals surface area (Å²) in [6.45, 7) is 6.14. The van der Waals surface area contributed by atoms with Gasteiger partial charge in [0.25, 0.3) is 0 Å². The number of hydrogen-bond donors (Lipinski definition) is 2. The van der Waals surface area contributed by atoms with Gasteiger partial charge in [-0.1, -0.05) is 17.7 Å². The average molecular weight is 392 g/mol. The van der Waals surface area contributed by atoms with Crippen LogP contribution < -0.4 is 10.7 Å². The molecule has 2 N–H and O–H groups in total. The van der Waals surface area contributed by atoms with Crippen LogP contribution in [0, 0.1) is 0 Å². The summed E-state index contributed by atoms with van der Waals surface area (Å²) in [5.41, 5.74) is 3.66. The summed E-state index contributed by atoms with van der Waals surface area (Å²) in [5.74, 6) is 0.616. The number of hydrazone groups is 1. The van der Waals surface area contributed by atoms with Crippen molar-refractivity contribution in [3.8, 4) is 11.3 Å². The van der Waals surface area contributed by atoms with Crippen molar-refractivity contribution in [3.05, 3.63) is 59.3 Å². The highest BCUT2D eigenvalue weighted by molar-refractivity contribution is 7.80. The minimum atomic E-state index is -0.475. The molecular weight excluding hydrogens is 374 g/mol. The standard InChI is InChI=1S/C18H18ClN3O3S/c1-3-9-20-18(26)22-21-11-13-6-8-16(25-13)12-5-7-15(19)14(10-12)17(23)24-4-2/h3,5-8,10-11H,1,4,9H2,2H3,(H2,20,22,26)/b21-11-. The maximum atomic E-state index is 11.9. The molecule has 1 aromatic heterocycles. The maximum Gasteiger partial charge on any atom is 0.339 e. The normalized spacial score (nSPS) is 10.5. The third-order valence-corrected chi connectivity index (χ3v) is 3.70. The molecule has 2 rings (SSSR count). The molecule has 0 aliphatic carbocycles. The van der Waals surface area contributed by atoms with E-state index >= 15 is 0 Å². The summed E-state index contributed by atoms with van der Waals surface area (Å²) in [6.07, 6.45) is 3.18. The smallest absolute Gasteiger partial charge is 0.339 e. The zero-order valence-corrected chi connectivity index (χ0v) is 15.7. The molecule has 0 atom stereocenters. The van der Waals surface area contributed by atoms with Crippen molar-refractivity contribution in [1.29, 1.82) is 0 Å². The lowest BCUT2D eigenvalue weighted by Crippen LogP contribution is -2.31. The fourth-order valence-electron chi connectivity index (χ4n) is 1.98. The lowest BCUT2D eigenvalue weighted by molar-refractivity contribution is 0.0526. The van der Waals surface area contributed by atoms with E-state index in [2.05, 4.69) is 22.4 Å². The van der Waals surface area contributed by atoms with E-state index in [9.17, 15) is 4.79 Å². The van der Waals surface area contributed by atoms with E-state index in [1.807, 2.05) is 0 Å². The first-order valence-corrected chi connectivity index (χ1v) is 8.58. The highest BCUT2D eigenvalue weighted by Gasteiger charge is 2.14. The number of halogens is 1. The minimum Gasteiger partial charge on any atom is -0.462 e. The van der Waals surface area contributed by atoms with Crippen molar-refractivity contribution in [1.82, 2.24) is 10.7 Å². The van der Waals surface area contributed by atoms with Gasteiger partial charge >= 0.3 is 5.97 Å². The Kier molecular flexibility index (Phi) is 7.37. The fourth-order valence-corrected chi connectivity index (χ4v) is 2.31. The quantitative estimate of drug-likeness (QED) is 0.246. The molecule has 0 unspecified atom stereocenters. The summed E-state index contributed by atoms with van der Waals surface area (Å²) >= 11 is 11.1. The molecule has 0 saturated carbocycles. The van der Waals surface area contributed by atoms with Crippen LogP contribution in [0.3, 0.4) is 0 Å². The molecule has 8 heteroatoms. The van der Waals surface area contributed by atoms with Crippen molar-refractivity contribution in [2.24, 2.45) is 5.10 Å². The highest BCUT2D eigenvalue weighted by atomic mass is 35.5. The van der Waals surface area contributed by atoms with E-state index < -0.39 is 5.97 Å². The molecule has 6 nitrogen and oxygen atoms in total. The lowest BCUT2D eigenvalue weighted by Gasteiger charge is -2.06. The van der Waals surface area contributed by atoms with E-state index in [0.717, 1.165) is 0 Å². The average Bonchev–Trinajstić information content (AvgIpc) is 3.09. The molecule has 1 aromatic carbocycles. The number of furan rings is 1. The first-order chi connectivity index (χ1) is 12.5. The number of esters is 1. The molecule has 136 valence electrons. The molecule has 0 aliphatic rings. The van der Waals surface area contributed by atoms with Crippen molar-refractivity contribution in [3.63, 3.8) is 0 Å². The number of nitrogens with zero attached hydrogens (tertiary/aromatic N) is 1. The third kappa shape index (κ3) is 5.44. The molecular formula is C18H18ClN3O3S. The summed E-state index contributed by atoms with van der Waals surface area (Å²) in [6, 6.07) is 8.54. The van der Waals surface area contributed by atoms with Crippen LogP contribution in [0.25, 0.3) is 11.3 Å². The Morgan fingerprint density at radius 3 is 2.96 bits per heavy atom. The molecule has 1 heterocycles. The number of carbonyl (C=O) groups is 1. The molecule has 0 spiro atoms. The van der Waals surface area contributed by atoms with Crippen LogP contribution in [0.5, 0.6) is 0 Å². The van der Waals surface area contributed by atoms with Crippen LogP contribution in [0.15, 0.2) is 52.5 Å². The van der Waals surface area contributed by atoms with Crippen LogP contribution in [-0.4, -0.2) is 30.4 Å². The Labute approximate surface area is 161 Å². The number of nitrogens with one attached hydrogen (secondary N) is 2. The first-order valence-electron chi connectivity index (χ1n) is 7.79. The summed E-state index contributed by atoms with van der Waals surface area (Å²) in [4.78, 5) is 11.9. The SMILES string of the molecule is C=CCNC(=S)N/N=C\c1ccc(-c2ccc(Cl)c(C(=O)OCC)c2)o1. The Morgan fingerprint density at radius 2 is 2.23 bits per heavy atom. The molecule has 2 aromatic rings. The van der Waals surface area contributed by atoms with Crippen LogP contribution in [0.2, 0.25) is 5.02 Å². The van der Waals surface area contributed by atoms with Gasteiger partial charge in [0.15, 0.2) is 5.11 Å². The predicted molar refractivity (Wildman–Crippen MR) is 107 cm³/mol. The topological polar surface area (TPSA) is 75.9 Å². The second-order valence-electron chi connectivity index (χ2n) is 4.99. The first kappa shape index (κ1) is 19.7. The minimum absolute atomic E-state index is 0.275. The van der Waals surface area contributed by atoms with E-state index in [4.69, 9.17) is 33.0 Å². The maximum absolute atomic E-state index is 11.9. The van der Waals surface area contributed by atoms with E-state index in [1.165, 1.54) is 6.21 Å². The summed E-state index contributed by atoms with van der Waals surface area (Å²) in [5, 5.41) is 7.57. The van der Waals surface area contributed by atoms with Gasteiger partial charge in [0.2, 0.25) is 0 Å². The zero-order chi connectivity index (χ0) is 18.9. The largest absolute Gasteiger partial charge is 0.462 e. The van der Waals surface area contributed by atoms with E-state index in [-0.39, 0.29) is 12.2 Å². The van der Waals surface area contributed by atoms with Crippen LogP contribution in [0.4, 0.5) is 0 Å². The van der Waals surface area contributed by atoms with E-state index in [1.54, 1.807) is 43.3 Å². The van der Waals surface area contributed by atoms with Crippen molar-refractivity contribution in [2.75, 3.05) is 13.2 Å². The molecule has 0 aliphatic heterocycles. The van der Waals surface area contributed by atoms with Crippen LogP contribution in [-0.2, 0) is 4.74 Å². The number of hydrogen-bond acceptors (Lipinski definition) is 5. The lowest BCUT2D eigenvalue weighted by atomic mass is 10.1. The second kappa shape index (κ2) is 9.74. The monoisotopic (exact) mass is 391 g/mol. The number of thiocarbonyl (C=S) groups is 1. The molecule has 26 heavy (non-hydrogen) atoms. The zero-order valence-electron chi connectivity index (χ0n) is 14.1. The number of rotatable bonds is 7. The van der Waals surface area contributed by atoms with Crippen molar-refractivity contribution >= 4 is 41.1 Å². The second-order valence-corrected chi connectivity index (χ2v) is 5.80. The Hall–Kier alpha value is -2.64. The predicted octanol–water partition coefficient (Wildman–Crippen LogP) is 3.76. The third-order valence-electron chi connectivity index (χ3n) is 3.14. The van der Waals surface area contributed by atoms with Gasteiger partial charge < -0.3 is 14.5 Å². The number of benzene rings is 1. The fraction of sp³-hybridized carbons (Fsp3) is 0.167. The van der Waals surface area contributed by atoms with Crippen LogP contribution >= 0.6 is 23.8 Å². The van der Waals surface area contributed by atoms with Gasteiger partial charge in [-0.2, -0.15) is 5.10 Å². The van der Waals surface area contributed by atoms with Gasteiger partial charge in [-0.3, -0.25) is 5.43 Å². The summed E-state index contributed by atoms with van der Waals surface area (Å²) < 4.78 is 10.7. The Morgan fingerprint density at radius 1 is 1.42 bits per heavy atom. The van der Waals surface area contributed by atoms with Crippen molar-refractivity contribution < 1.29 is 13.9 Å². The molecule has 0 amide bonds. The number of carbonyl (C=O) groups excluding carboxylic acids is 1. The van der Waals surface area contributed by atoms with Gasteiger partial charge in [-0.25, -0.2) is 4.79 Å². The number of ether oxygens (including phenoxy) is 1. The van der Waals surface area contributed by atoms with Gasteiger partial charge in [0, 0.05) is 12.1 Å². The Bertz CT molecular complexity index is 833. The van der Waals surface area contributed by atoms with Gasteiger partial charge in [0.1, 0.15) is 11.5 Å². The highest BCUT2D eigenvalue weighted by Crippen LogP contribution is 2.27. The Balaban J connectivity index is 2.09. The summed E-state index contributed by atoms with van der Waals surface area (Å²) in [7, 11) is 0. The van der Waals surface area contributed by atoms with Crippen LogP contribution in [0.1, 0.15) is 23.0 Å². The van der Waals surface area contributed by atoms with E-state index in [0.29, 0.717) is 33.8 Å². The molecule has 0 bridgehead atoms. The molecule has 0 saturated heterocycles. The van der Waals surface area contributed by atoms with Gasteiger partial charge in [-0.15, -0.1) is 6.58 Å². The molecule has 0 radical (unpaired) electrons. The van der Waals surface area contributed by atoms with Gasteiger partial charge in [-0.05, 0) is 49.5 Å². The molecule has 0 fully saturated rings. The van der Waals surface area contributed by atoms with Crippen molar-refractivity contribution in [2.45, 2.75) is 6.92 Å².